The second-order valence-electron chi connectivity index (χ2n) is 5.51. The van der Waals surface area contributed by atoms with E-state index in [1.54, 1.807) is 6.92 Å². The van der Waals surface area contributed by atoms with Gasteiger partial charge in [0.05, 0.1) is 23.7 Å². The number of halogens is 4. The van der Waals surface area contributed by atoms with E-state index in [4.69, 9.17) is 4.74 Å². The maximum atomic E-state index is 13.1. The van der Waals surface area contributed by atoms with Crippen LogP contribution in [-0.2, 0) is 15.7 Å². The van der Waals surface area contributed by atoms with Crippen molar-refractivity contribution in [2.75, 3.05) is 19.7 Å². The van der Waals surface area contributed by atoms with E-state index in [2.05, 4.69) is 0 Å². The van der Waals surface area contributed by atoms with Crippen molar-refractivity contribution in [2.24, 2.45) is 5.92 Å². The Morgan fingerprint density at radius 2 is 1.88 bits per heavy atom. The number of ether oxygens (including phenoxy) is 1. The molecule has 1 aromatic rings. The largest absolute Gasteiger partial charge is 0.466 e. The van der Waals surface area contributed by atoms with E-state index in [0.717, 1.165) is 12.1 Å². The fourth-order valence-electron chi connectivity index (χ4n) is 2.69. The number of nitrogens with zero attached hydrogens (tertiary/aromatic N) is 1. The van der Waals surface area contributed by atoms with Gasteiger partial charge in [0.15, 0.2) is 0 Å². The number of amides is 1. The Hall–Kier alpha value is -2.12. The van der Waals surface area contributed by atoms with Crippen molar-refractivity contribution in [3.05, 3.63) is 35.1 Å². The molecule has 8 heteroatoms. The molecular formula is C16H17F4NO3. The molecule has 0 aromatic heterocycles. The molecule has 24 heavy (non-hydrogen) atoms. The first-order chi connectivity index (χ1) is 11.2. The van der Waals surface area contributed by atoms with Crippen molar-refractivity contribution in [3.8, 4) is 0 Å². The molecule has 2 rings (SSSR count). The highest BCUT2D eigenvalue weighted by Gasteiger charge is 2.37. The lowest BCUT2D eigenvalue weighted by Crippen LogP contribution is -2.41. The van der Waals surface area contributed by atoms with Crippen LogP contribution in [0.25, 0.3) is 0 Å². The second-order valence-corrected chi connectivity index (χ2v) is 5.51. The molecule has 0 bridgehead atoms. The molecule has 0 spiro atoms. The average Bonchev–Trinajstić information content (AvgIpc) is 2.54. The van der Waals surface area contributed by atoms with Crippen molar-refractivity contribution in [1.29, 1.82) is 0 Å². The number of likely N-dealkylation sites (tertiary alicyclic amines) is 1. The molecule has 1 aliphatic heterocycles. The number of esters is 1. The molecular weight excluding hydrogens is 330 g/mol. The van der Waals surface area contributed by atoms with Crippen LogP contribution in [0.1, 0.15) is 35.7 Å². The zero-order valence-corrected chi connectivity index (χ0v) is 13.0. The van der Waals surface area contributed by atoms with Crippen molar-refractivity contribution in [1.82, 2.24) is 4.90 Å². The summed E-state index contributed by atoms with van der Waals surface area (Å²) in [5, 5.41) is 0. The van der Waals surface area contributed by atoms with Gasteiger partial charge in [-0.1, -0.05) is 0 Å². The summed E-state index contributed by atoms with van der Waals surface area (Å²) in [5.74, 6) is -2.59. The molecule has 132 valence electrons. The maximum absolute atomic E-state index is 13.1. The van der Waals surface area contributed by atoms with Gasteiger partial charge in [0, 0.05) is 13.1 Å². The van der Waals surface area contributed by atoms with Gasteiger partial charge in [-0.15, -0.1) is 0 Å². The predicted octanol–water partition coefficient (Wildman–Crippen LogP) is 3.26. The molecule has 0 aliphatic carbocycles. The number of hydrogen-bond donors (Lipinski definition) is 0. The van der Waals surface area contributed by atoms with Crippen molar-refractivity contribution >= 4 is 11.9 Å². The third kappa shape index (κ3) is 4.04. The minimum Gasteiger partial charge on any atom is -0.466 e. The number of benzene rings is 1. The zero-order valence-electron chi connectivity index (χ0n) is 13.0. The fourth-order valence-corrected chi connectivity index (χ4v) is 2.69. The predicted molar refractivity (Wildman–Crippen MR) is 76.7 cm³/mol. The van der Waals surface area contributed by atoms with Crippen LogP contribution in [-0.4, -0.2) is 36.5 Å². The smallest absolute Gasteiger partial charge is 0.417 e. The van der Waals surface area contributed by atoms with Crippen molar-refractivity contribution < 1.29 is 31.9 Å². The number of carbonyl (C=O) groups is 2. The van der Waals surface area contributed by atoms with E-state index in [9.17, 15) is 27.2 Å². The van der Waals surface area contributed by atoms with Gasteiger partial charge in [-0.2, -0.15) is 13.2 Å². The molecule has 1 saturated heterocycles. The fraction of sp³-hybridized carbons (Fsp3) is 0.500. The monoisotopic (exact) mass is 347 g/mol. The van der Waals surface area contributed by atoms with Crippen LogP contribution in [0.2, 0.25) is 0 Å². The summed E-state index contributed by atoms with van der Waals surface area (Å²) in [6.45, 7) is 2.24. The molecule has 4 nitrogen and oxygen atoms in total. The second kappa shape index (κ2) is 7.19. The van der Waals surface area contributed by atoms with Crippen molar-refractivity contribution in [2.45, 2.75) is 25.9 Å². The van der Waals surface area contributed by atoms with E-state index in [-0.39, 0.29) is 31.6 Å². The molecule has 1 aromatic carbocycles. The standard InChI is InChI=1S/C16H17F4NO3/c1-2-24-15(23)10-5-7-21(8-6-10)14(22)12-4-3-11(17)9-13(12)16(18,19)20/h3-4,9-10H,2,5-8H2,1H3. The van der Waals surface area contributed by atoms with E-state index >= 15 is 0 Å². The first kappa shape index (κ1) is 18.2. The first-order valence-electron chi connectivity index (χ1n) is 7.56. The molecule has 1 aliphatic rings. The zero-order chi connectivity index (χ0) is 17.9. The Morgan fingerprint density at radius 1 is 1.25 bits per heavy atom. The highest BCUT2D eigenvalue weighted by molar-refractivity contribution is 5.96. The number of rotatable bonds is 3. The number of hydrogen-bond acceptors (Lipinski definition) is 3. The topological polar surface area (TPSA) is 46.6 Å². The summed E-state index contributed by atoms with van der Waals surface area (Å²) in [4.78, 5) is 25.3. The van der Waals surface area contributed by atoms with Gasteiger partial charge >= 0.3 is 12.1 Å². The number of piperidine rings is 1. The summed E-state index contributed by atoms with van der Waals surface area (Å²) in [6, 6.07) is 1.99. The summed E-state index contributed by atoms with van der Waals surface area (Å²) >= 11 is 0. The Labute approximate surface area is 136 Å². The summed E-state index contributed by atoms with van der Waals surface area (Å²) in [5.41, 5.74) is -1.88. The average molecular weight is 347 g/mol. The Bertz CT molecular complexity index is 622. The van der Waals surface area contributed by atoms with E-state index < -0.39 is 29.0 Å². The molecule has 0 atom stereocenters. The quantitative estimate of drug-likeness (QED) is 0.623. The van der Waals surface area contributed by atoms with Crippen LogP contribution in [0.5, 0.6) is 0 Å². The van der Waals surface area contributed by atoms with Crippen LogP contribution in [0.15, 0.2) is 18.2 Å². The van der Waals surface area contributed by atoms with Gasteiger partial charge < -0.3 is 9.64 Å². The van der Waals surface area contributed by atoms with Gasteiger partial charge in [-0.3, -0.25) is 9.59 Å². The lowest BCUT2D eigenvalue weighted by Gasteiger charge is -2.31. The van der Waals surface area contributed by atoms with Crippen LogP contribution in [0.3, 0.4) is 0 Å². The minimum atomic E-state index is -4.82. The van der Waals surface area contributed by atoms with Crippen molar-refractivity contribution in [3.63, 3.8) is 0 Å². The van der Waals surface area contributed by atoms with E-state index in [1.165, 1.54) is 4.90 Å². The highest BCUT2D eigenvalue weighted by Crippen LogP contribution is 2.33. The van der Waals surface area contributed by atoms with E-state index in [0.29, 0.717) is 18.9 Å². The molecule has 1 amide bonds. The first-order valence-corrected chi connectivity index (χ1v) is 7.56. The molecule has 0 saturated carbocycles. The summed E-state index contributed by atoms with van der Waals surface area (Å²) in [6.07, 6.45) is -4.17. The molecule has 1 heterocycles. The van der Waals surface area contributed by atoms with Gasteiger partial charge in [-0.05, 0) is 38.0 Å². The van der Waals surface area contributed by atoms with Gasteiger partial charge in [0.2, 0.25) is 0 Å². The third-order valence-corrected chi connectivity index (χ3v) is 3.92. The highest BCUT2D eigenvalue weighted by atomic mass is 19.4. The summed E-state index contributed by atoms with van der Waals surface area (Å²) in [7, 11) is 0. The molecule has 0 unspecified atom stereocenters. The maximum Gasteiger partial charge on any atom is 0.417 e. The van der Waals surface area contributed by atoms with Crippen LogP contribution in [0, 0.1) is 11.7 Å². The number of carbonyl (C=O) groups excluding carboxylic acids is 2. The van der Waals surface area contributed by atoms with E-state index in [1.807, 2.05) is 0 Å². The van der Waals surface area contributed by atoms with Crippen LogP contribution in [0.4, 0.5) is 17.6 Å². The Morgan fingerprint density at radius 3 is 2.42 bits per heavy atom. The van der Waals surface area contributed by atoms with Gasteiger partial charge in [0.1, 0.15) is 5.82 Å². The Kier molecular flexibility index (Phi) is 5.46. The Balaban J connectivity index is 2.13. The summed E-state index contributed by atoms with van der Waals surface area (Å²) < 4.78 is 57.1. The van der Waals surface area contributed by atoms with Crippen LogP contribution < -0.4 is 0 Å². The SMILES string of the molecule is CCOC(=O)C1CCN(C(=O)c2ccc(F)cc2C(F)(F)F)CC1. The van der Waals surface area contributed by atoms with Gasteiger partial charge in [-0.25, -0.2) is 4.39 Å². The third-order valence-electron chi connectivity index (χ3n) is 3.92. The number of alkyl halides is 3. The molecule has 1 fully saturated rings. The lowest BCUT2D eigenvalue weighted by molar-refractivity contribution is -0.149. The molecule has 0 N–H and O–H groups in total. The minimum absolute atomic E-state index is 0.150. The van der Waals surface area contributed by atoms with Gasteiger partial charge in [0.25, 0.3) is 5.91 Å². The molecule has 0 radical (unpaired) electrons. The lowest BCUT2D eigenvalue weighted by atomic mass is 9.96. The normalized spacial score (nSPS) is 16.1. The van der Waals surface area contributed by atoms with Crippen LogP contribution >= 0.6 is 0 Å².